The summed E-state index contributed by atoms with van der Waals surface area (Å²) in [4.78, 5) is 14.6. The quantitative estimate of drug-likeness (QED) is 0.851. The van der Waals surface area contributed by atoms with Crippen molar-refractivity contribution in [2.24, 2.45) is 5.73 Å². The lowest BCUT2D eigenvalue weighted by Crippen LogP contribution is -2.42. The third-order valence-electron chi connectivity index (χ3n) is 5.67. The van der Waals surface area contributed by atoms with E-state index in [1.165, 1.54) is 5.56 Å². The number of nitrogens with zero attached hydrogens (tertiary/aromatic N) is 3. The lowest BCUT2D eigenvalue weighted by Gasteiger charge is -2.40. The van der Waals surface area contributed by atoms with E-state index in [9.17, 15) is 4.79 Å². The molecule has 2 aromatic rings. The van der Waals surface area contributed by atoms with E-state index in [-0.39, 0.29) is 16.9 Å². The highest BCUT2D eigenvalue weighted by Crippen LogP contribution is 2.42. The second-order valence-electron chi connectivity index (χ2n) is 9.03. The summed E-state index contributed by atoms with van der Waals surface area (Å²) in [6.45, 7) is 9.99. The van der Waals surface area contributed by atoms with E-state index in [1.54, 1.807) is 6.92 Å². The first-order valence-corrected chi connectivity index (χ1v) is 10.0. The summed E-state index contributed by atoms with van der Waals surface area (Å²) >= 11 is 0. The number of anilines is 1. The molecule has 1 saturated heterocycles. The van der Waals surface area contributed by atoms with Gasteiger partial charge in [-0.2, -0.15) is 5.10 Å². The molecule has 1 aromatic heterocycles. The first-order valence-electron chi connectivity index (χ1n) is 10.0. The maximum atomic E-state index is 12.3. The number of hydrogen-bond acceptors (Lipinski definition) is 4. The summed E-state index contributed by atoms with van der Waals surface area (Å²) < 4.78 is 1.92. The van der Waals surface area contributed by atoms with Crippen molar-refractivity contribution in [2.45, 2.75) is 57.5 Å². The SMILES string of the molecule is CC(N)C(=O)Nc1cc(C2(c3ccccc3)CCN(C)CC2)nn1C(C)(C)C. The van der Waals surface area contributed by atoms with E-state index in [4.69, 9.17) is 10.8 Å². The first-order chi connectivity index (χ1) is 13.1. The third-order valence-corrected chi connectivity index (χ3v) is 5.67. The zero-order chi connectivity index (χ0) is 20.5. The van der Waals surface area contributed by atoms with Crippen LogP contribution in [-0.2, 0) is 15.7 Å². The Morgan fingerprint density at radius 3 is 2.36 bits per heavy atom. The van der Waals surface area contributed by atoms with Gasteiger partial charge in [0.1, 0.15) is 5.82 Å². The molecule has 1 fully saturated rings. The molecule has 3 N–H and O–H groups in total. The second-order valence-corrected chi connectivity index (χ2v) is 9.03. The third kappa shape index (κ3) is 3.98. The van der Waals surface area contributed by atoms with Crippen LogP contribution in [0.15, 0.2) is 36.4 Å². The highest BCUT2D eigenvalue weighted by molar-refractivity contribution is 5.93. The predicted molar refractivity (Wildman–Crippen MR) is 113 cm³/mol. The molecule has 0 saturated carbocycles. The maximum Gasteiger partial charge on any atom is 0.242 e. The van der Waals surface area contributed by atoms with Gasteiger partial charge in [0.15, 0.2) is 0 Å². The molecule has 152 valence electrons. The van der Waals surface area contributed by atoms with Crippen molar-refractivity contribution in [1.29, 1.82) is 0 Å². The molecule has 1 unspecified atom stereocenters. The zero-order valence-corrected chi connectivity index (χ0v) is 17.7. The van der Waals surface area contributed by atoms with Crippen molar-refractivity contribution < 1.29 is 4.79 Å². The van der Waals surface area contributed by atoms with Crippen molar-refractivity contribution in [3.63, 3.8) is 0 Å². The molecule has 3 rings (SSSR count). The predicted octanol–water partition coefficient (Wildman–Crippen LogP) is 2.94. The van der Waals surface area contributed by atoms with Gasteiger partial charge in [0.2, 0.25) is 5.91 Å². The Kier molecular flexibility index (Phi) is 5.64. The number of aromatic nitrogens is 2. The van der Waals surface area contributed by atoms with E-state index >= 15 is 0 Å². The van der Waals surface area contributed by atoms with Crippen LogP contribution in [0, 0.1) is 0 Å². The number of hydrogen-bond donors (Lipinski definition) is 2. The van der Waals surface area contributed by atoms with Gasteiger partial charge in [-0.15, -0.1) is 0 Å². The fourth-order valence-corrected chi connectivity index (χ4v) is 3.91. The Hall–Kier alpha value is -2.18. The van der Waals surface area contributed by atoms with Gasteiger partial charge in [-0.1, -0.05) is 30.3 Å². The fourth-order valence-electron chi connectivity index (χ4n) is 3.91. The van der Waals surface area contributed by atoms with Gasteiger partial charge in [-0.3, -0.25) is 4.79 Å². The standard InChI is InChI=1S/C22H33N5O/c1-16(23)20(28)24-19-15-18(25-27(19)21(2,3)4)22(11-13-26(5)14-12-22)17-9-7-6-8-10-17/h6-10,15-16H,11-14,23H2,1-5H3,(H,24,28). The lowest BCUT2D eigenvalue weighted by atomic mass is 9.70. The van der Waals surface area contributed by atoms with Crippen LogP contribution < -0.4 is 11.1 Å². The molecule has 28 heavy (non-hydrogen) atoms. The van der Waals surface area contributed by atoms with Crippen molar-refractivity contribution in [2.75, 3.05) is 25.5 Å². The number of rotatable bonds is 4. The van der Waals surface area contributed by atoms with Gasteiger partial charge in [0, 0.05) is 11.5 Å². The van der Waals surface area contributed by atoms with Crippen LogP contribution in [0.25, 0.3) is 0 Å². The van der Waals surface area contributed by atoms with Crippen molar-refractivity contribution >= 4 is 11.7 Å². The van der Waals surface area contributed by atoms with Crippen molar-refractivity contribution in [3.8, 4) is 0 Å². The van der Waals surface area contributed by atoms with Gasteiger partial charge in [-0.25, -0.2) is 4.68 Å². The normalized spacial score (nSPS) is 18.6. The van der Waals surface area contributed by atoms with Crippen molar-refractivity contribution in [1.82, 2.24) is 14.7 Å². The molecule has 0 radical (unpaired) electrons. The van der Waals surface area contributed by atoms with Gasteiger partial charge < -0.3 is 16.0 Å². The fraction of sp³-hybridized carbons (Fsp3) is 0.545. The molecule has 2 heterocycles. The molecular formula is C22H33N5O. The average molecular weight is 384 g/mol. The molecule has 0 spiro atoms. The molecule has 6 heteroatoms. The number of carbonyl (C=O) groups excluding carboxylic acids is 1. The number of benzene rings is 1. The summed E-state index contributed by atoms with van der Waals surface area (Å²) in [5, 5.41) is 8.01. The van der Waals surface area contributed by atoms with Crippen LogP contribution in [0.4, 0.5) is 5.82 Å². The minimum absolute atomic E-state index is 0.155. The molecule has 1 amide bonds. The van der Waals surface area contributed by atoms with Gasteiger partial charge in [0.25, 0.3) is 0 Å². The lowest BCUT2D eigenvalue weighted by molar-refractivity contribution is -0.117. The van der Waals surface area contributed by atoms with Crippen LogP contribution in [0.2, 0.25) is 0 Å². The molecule has 1 aliphatic rings. The molecule has 1 aliphatic heterocycles. The van der Waals surface area contributed by atoms with Gasteiger partial charge in [0.05, 0.1) is 17.3 Å². The second kappa shape index (κ2) is 7.68. The van der Waals surface area contributed by atoms with Crippen LogP contribution in [0.1, 0.15) is 51.8 Å². The molecule has 0 aliphatic carbocycles. The number of amides is 1. The van der Waals surface area contributed by atoms with E-state index in [2.05, 4.69) is 62.3 Å². The Morgan fingerprint density at radius 1 is 1.21 bits per heavy atom. The molecule has 1 atom stereocenters. The molecular weight excluding hydrogens is 350 g/mol. The van der Waals surface area contributed by atoms with E-state index in [1.807, 2.05) is 16.8 Å². The number of piperidine rings is 1. The van der Waals surface area contributed by atoms with Crippen LogP contribution in [0.3, 0.4) is 0 Å². The van der Waals surface area contributed by atoms with E-state index in [0.29, 0.717) is 5.82 Å². The monoisotopic (exact) mass is 383 g/mol. The molecule has 1 aromatic carbocycles. The maximum absolute atomic E-state index is 12.3. The summed E-state index contributed by atoms with van der Waals surface area (Å²) in [6, 6.07) is 12.1. The number of likely N-dealkylation sites (tertiary alicyclic amines) is 1. The van der Waals surface area contributed by atoms with Crippen LogP contribution >= 0.6 is 0 Å². The average Bonchev–Trinajstić information content (AvgIpc) is 3.08. The minimum atomic E-state index is -0.571. The summed E-state index contributed by atoms with van der Waals surface area (Å²) in [7, 11) is 2.16. The van der Waals surface area contributed by atoms with E-state index < -0.39 is 6.04 Å². The smallest absolute Gasteiger partial charge is 0.242 e. The van der Waals surface area contributed by atoms with Crippen LogP contribution in [0.5, 0.6) is 0 Å². The van der Waals surface area contributed by atoms with E-state index in [0.717, 1.165) is 31.6 Å². The Balaban J connectivity index is 2.11. The van der Waals surface area contributed by atoms with Gasteiger partial charge in [-0.05, 0) is 66.2 Å². The first kappa shape index (κ1) is 20.6. The topological polar surface area (TPSA) is 76.2 Å². The minimum Gasteiger partial charge on any atom is -0.320 e. The summed E-state index contributed by atoms with van der Waals surface area (Å²) in [5.41, 5.74) is 7.66. The Morgan fingerprint density at radius 2 is 1.82 bits per heavy atom. The highest BCUT2D eigenvalue weighted by atomic mass is 16.2. The van der Waals surface area contributed by atoms with Crippen molar-refractivity contribution in [3.05, 3.63) is 47.7 Å². The number of nitrogens with two attached hydrogens (primary N) is 1. The highest BCUT2D eigenvalue weighted by Gasteiger charge is 2.40. The summed E-state index contributed by atoms with van der Waals surface area (Å²) in [6.07, 6.45) is 1.99. The Labute approximate surface area is 168 Å². The Bertz CT molecular complexity index is 811. The van der Waals surface area contributed by atoms with Gasteiger partial charge >= 0.3 is 0 Å². The van der Waals surface area contributed by atoms with Crippen LogP contribution in [-0.4, -0.2) is 46.8 Å². The zero-order valence-electron chi connectivity index (χ0n) is 17.7. The number of nitrogens with one attached hydrogen (secondary N) is 1. The molecule has 0 bridgehead atoms. The number of carbonyl (C=O) groups is 1. The summed E-state index contributed by atoms with van der Waals surface area (Å²) in [5.74, 6) is 0.508. The molecule has 6 nitrogen and oxygen atoms in total. The largest absolute Gasteiger partial charge is 0.320 e.